The fraction of sp³-hybridized carbons (Fsp3) is 0.733. The van der Waals surface area contributed by atoms with E-state index in [0.717, 1.165) is 24.7 Å². The van der Waals surface area contributed by atoms with Gasteiger partial charge in [-0.3, -0.25) is 15.0 Å². The number of rotatable bonds is 4. The lowest BCUT2D eigenvalue weighted by molar-refractivity contribution is -0.117. The highest BCUT2D eigenvalue weighted by Crippen LogP contribution is 2.25. The van der Waals surface area contributed by atoms with Gasteiger partial charge in [0.25, 0.3) is 0 Å². The first-order valence-electron chi connectivity index (χ1n) is 7.89. The topological polar surface area (TPSA) is 70.4 Å². The van der Waals surface area contributed by atoms with Crippen molar-refractivity contribution < 1.29 is 9.32 Å². The van der Waals surface area contributed by atoms with Gasteiger partial charge >= 0.3 is 0 Å². The summed E-state index contributed by atoms with van der Waals surface area (Å²) in [6.07, 6.45) is 5.00. The third kappa shape index (κ3) is 3.83. The van der Waals surface area contributed by atoms with Crippen LogP contribution in [0.3, 0.4) is 0 Å². The van der Waals surface area contributed by atoms with Gasteiger partial charge in [-0.05, 0) is 58.2 Å². The Morgan fingerprint density at radius 2 is 2.29 bits per heavy atom. The molecule has 1 aromatic heterocycles. The maximum atomic E-state index is 12.0. The normalized spacial score (nSPS) is 24.3. The lowest BCUT2D eigenvalue weighted by atomic mass is 9.88. The van der Waals surface area contributed by atoms with Gasteiger partial charge in [0.15, 0.2) is 0 Å². The molecule has 6 nitrogen and oxygen atoms in total. The Morgan fingerprint density at radius 1 is 1.48 bits per heavy atom. The molecule has 2 saturated heterocycles. The summed E-state index contributed by atoms with van der Waals surface area (Å²) in [5.74, 6) is 1.19. The van der Waals surface area contributed by atoms with Gasteiger partial charge in [-0.15, -0.1) is 0 Å². The Kier molecular flexibility index (Phi) is 4.55. The summed E-state index contributed by atoms with van der Waals surface area (Å²) in [5, 5.41) is 10.1. The Bertz CT molecular complexity index is 474. The van der Waals surface area contributed by atoms with E-state index in [0.29, 0.717) is 18.5 Å². The first-order valence-corrected chi connectivity index (χ1v) is 7.89. The molecule has 1 unspecified atom stereocenters. The Balaban J connectivity index is 1.41. The molecule has 116 valence electrons. The molecule has 21 heavy (non-hydrogen) atoms. The van der Waals surface area contributed by atoms with E-state index in [4.69, 9.17) is 4.52 Å². The van der Waals surface area contributed by atoms with Gasteiger partial charge in [-0.2, -0.15) is 0 Å². The number of nitrogens with one attached hydrogen (secondary N) is 2. The molecule has 6 heteroatoms. The summed E-state index contributed by atoms with van der Waals surface area (Å²) in [7, 11) is 0. The van der Waals surface area contributed by atoms with Crippen molar-refractivity contribution in [3.63, 3.8) is 0 Å². The van der Waals surface area contributed by atoms with Crippen molar-refractivity contribution in [1.29, 1.82) is 0 Å². The number of amides is 1. The number of aromatic nitrogens is 1. The van der Waals surface area contributed by atoms with E-state index in [1.807, 2.05) is 6.92 Å². The number of anilines is 1. The number of hydrogen-bond donors (Lipinski definition) is 2. The summed E-state index contributed by atoms with van der Waals surface area (Å²) in [6.45, 7) is 5.45. The average molecular weight is 292 g/mol. The first-order chi connectivity index (χ1) is 10.2. The van der Waals surface area contributed by atoms with E-state index in [1.165, 1.54) is 32.2 Å². The number of aryl methyl sites for hydroxylation is 1. The van der Waals surface area contributed by atoms with Crippen LogP contribution in [0.1, 0.15) is 31.4 Å². The first kappa shape index (κ1) is 14.5. The van der Waals surface area contributed by atoms with E-state index in [1.54, 1.807) is 6.07 Å². The standard InChI is InChI=1S/C15H24N4O2/c1-11-9-15(21-18-11)17-14(20)10-19-7-4-12(5-8-19)13-3-2-6-16-13/h9,12-13,16H,2-8,10H2,1H3,(H,17,20). The van der Waals surface area contributed by atoms with Crippen LogP contribution in [0, 0.1) is 12.8 Å². The van der Waals surface area contributed by atoms with Crippen LogP contribution >= 0.6 is 0 Å². The second-order valence-corrected chi connectivity index (χ2v) is 6.20. The van der Waals surface area contributed by atoms with Crippen LogP contribution in [0.25, 0.3) is 0 Å². The highest BCUT2D eigenvalue weighted by Gasteiger charge is 2.28. The third-order valence-electron chi connectivity index (χ3n) is 4.56. The summed E-state index contributed by atoms with van der Waals surface area (Å²) >= 11 is 0. The number of likely N-dealkylation sites (tertiary alicyclic amines) is 1. The molecule has 3 heterocycles. The quantitative estimate of drug-likeness (QED) is 0.877. The Labute approximate surface area is 125 Å². The van der Waals surface area contributed by atoms with Crippen LogP contribution in [-0.2, 0) is 4.79 Å². The fourth-order valence-corrected chi connectivity index (χ4v) is 3.43. The molecule has 1 atom stereocenters. The predicted octanol–water partition coefficient (Wildman–Crippen LogP) is 1.39. The Morgan fingerprint density at radius 3 is 2.90 bits per heavy atom. The molecule has 0 aromatic carbocycles. The molecule has 3 rings (SSSR count). The summed E-state index contributed by atoms with van der Waals surface area (Å²) in [4.78, 5) is 14.2. The molecular weight excluding hydrogens is 268 g/mol. The Hall–Kier alpha value is -1.40. The van der Waals surface area contributed by atoms with Crippen molar-refractivity contribution in [3.05, 3.63) is 11.8 Å². The van der Waals surface area contributed by atoms with E-state index in [2.05, 4.69) is 20.7 Å². The minimum absolute atomic E-state index is 0.0245. The number of nitrogens with zero attached hydrogens (tertiary/aromatic N) is 2. The zero-order valence-electron chi connectivity index (χ0n) is 12.6. The molecule has 0 saturated carbocycles. The van der Waals surface area contributed by atoms with Crippen molar-refractivity contribution in [2.75, 3.05) is 31.5 Å². The van der Waals surface area contributed by atoms with Crippen molar-refractivity contribution >= 4 is 11.8 Å². The molecule has 0 bridgehead atoms. The minimum atomic E-state index is -0.0245. The van der Waals surface area contributed by atoms with Crippen molar-refractivity contribution in [2.24, 2.45) is 5.92 Å². The van der Waals surface area contributed by atoms with Crippen molar-refractivity contribution in [1.82, 2.24) is 15.4 Å². The SMILES string of the molecule is Cc1cc(NC(=O)CN2CCC(C3CCCN3)CC2)on1. The zero-order valence-corrected chi connectivity index (χ0v) is 12.6. The van der Waals surface area contributed by atoms with Crippen LogP contribution in [-0.4, -0.2) is 48.2 Å². The summed E-state index contributed by atoms with van der Waals surface area (Å²) in [5.41, 5.74) is 0.773. The lowest BCUT2D eigenvalue weighted by Crippen LogP contribution is -2.43. The largest absolute Gasteiger partial charge is 0.338 e. The predicted molar refractivity (Wildman–Crippen MR) is 80.1 cm³/mol. The van der Waals surface area contributed by atoms with Crippen LogP contribution in [0.15, 0.2) is 10.6 Å². The highest BCUT2D eigenvalue weighted by molar-refractivity contribution is 5.90. The van der Waals surface area contributed by atoms with Crippen LogP contribution in [0.4, 0.5) is 5.88 Å². The average Bonchev–Trinajstić information content (AvgIpc) is 3.11. The summed E-state index contributed by atoms with van der Waals surface area (Å²) in [6, 6.07) is 2.44. The molecule has 0 radical (unpaired) electrons. The maximum Gasteiger partial charge on any atom is 0.240 e. The molecule has 1 amide bonds. The second kappa shape index (κ2) is 6.58. The molecule has 0 spiro atoms. The fourth-order valence-electron chi connectivity index (χ4n) is 3.43. The minimum Gasteiger partial charge on any atom is -0.338 e. The van der Waals surface area contributed by atoms with Gasteiger partial charge in [0.05, 0.1) is 12.2 Å². The van der Waals surface area contributed by atoms with Crippen molar-refractivity contribution in [3.8, 4) is 0 Å². The van der Waals surface area contributed by atoms with E-state index >= 15 is 0 Å². The van der Waals surface area contributed by atoms with Gasteiger partial charge in [0.1, 0.15) is 0 Å². The molecule has 2 N–H and O–H groups in total. The van der Waals surface area contributed by atoms with Gasteiger partial charge < -0.3 is 9.84 Å². The summed E-state index contributed by atoms with van der Waals surface area (Å²) < 4.78 is 5.00. The number of piperidine rings is 1. The lowest BCUT2D eigenvalue weighted by Gasteiger charge is -2.34. The van der Waals surface area contributed by atoms with Crippen LogP contribution < -0.4 is 10.6 Å². The molecule has 2 aliphatic rings. The molecule has 2 fully saturated rings. The second-order valence-electron chi connectivity index (χ2n) is 6.20. The van der Waals surface area contributed by atoms with Crippen LogP contribution in [0.5, 0.6) is 0 Å². The highest BCUT2D eigenvalue weighted by atomic mass is 16.5. The van der Waals surface area contributed by atoms with Crippen molar-refractivity contribution in [2.45, 2.75) is 38.6 Å². The van der Waals surface area contributed by atoms with E-state index in [-0.39, 0.29) is 5.91 Å². The number of hydrogen-bond acceptors (Lipinski definition) is 5. The van der Waals surface area contributed by atoms with Crippen LogP contribution in [0.2, 0.25) is 0 Å². The number of carbonyl (C=O) groups excluding carboxylic acids is 1. The van der Waals surface area contributed by atoms with Gasteiger partial charge in [-0.25, -0.2) is 0 Å². The smallest absolute Gasteiger partial charge is 0.240 e. The monoisotopic (exact) mass is 292 g/mol. The molecular formula is C15H24N4O2. The number of carbonyl (C=O) groups is 1. The molecule has 1 aromatic rings. The van der Waals surface area contributed by atoms with Gasteiger partial charge in [0, 0.05) is 12.1 Å². The van der Waals surface area contributed by atoms with E-state index in [9.17, 15) is 4.79 Å². The maximum absolute atomic E-state index is 12.0. The zero-order chi connectivity index (χ0) is 14.7. The third-order valence-corrected chi connectivity index (χ3v) is 4.56. The molecule has 2 aliphatic heterocycles. The van der Waals surface area contributed by atoms with Gasteiger partial charge in [-0.1, -0.05) is 5.16 Å². The molecule has 0 aliphatic carbocycles. The van der Waals surface area contributed by atoms with Gasteiger partial charge in [0.2, 0.25) is 11.8 Å². The van der Waals surface area contributed by atoms with E-state index < -0.39 is 0 Å².